The summed E-state index contributed by atoms with van der Waals surface area (Å²) in [7, 11) is 0.360. The molecule has 0 aliphatic heterocycles. The Labute approximate surface area is 86.7 Å². The van der Waals surface area contributed by atoms with Crippen LogP contribution in [-0.2, 0) is 26.9 Å². The standard InChI is InChI=1S/C6H18O6Si2/c1-7-11-13(5,6)12-14(8-2,9-3)10-4/h1-6H3. The van der Waals surface area contributed by atoms with Crippen molar-refractivity contribution in [2.24, 2.45) is 0 Å². The van der Waals surface area contributed by atoms with Crippen molar-refractivity contribution in [3.63, 3.8) is 0 Å². The Morgan fingerprint density at radius 3 is 1.50 bits per heavy atom. The largest absolute Gasteiger partial charge is 0.669 e. The van der Waals surface area contributed by atoms with Gasteiger partial charge in [0.2, 0.25) is 0 Å². The summed E-state index contributed by atoms with van der Waals surface area (Å²) in [6.07, 6.45) is 0. The molecule has 0 unspecified atom stereocenters. The van der Waals surface area contributed by atoms with E-state index in [4.69, 9.17) is 22.0 Å². The molecular weight excluding hydrogens is 224 g/mol. The van der Waals surface area contributed by atoms with Crippen LogP contribution in [0.4, 0.5) is 0 Å². The molecule has 0 aromatic heterocycles. The molecule has 0 aliphatic rings. The summed E-state index contributed by atoms with van der Waals surface area (Å²) in [5.41, 5.74) is 0. The summed E-state index contributed by atoms with van der Waals surface area (Å²) < 4.78 is 25.8. The molecule has 0 aromatic carbocycles. The summed E-state index contributed by atoms with van der Waals surface area (Å²) >= 11 is 0. The van der Waals surface area contributed by atoms with Crippen LogP contribution < -0.4 is 0 Å². The van der Waals surface area contributed by atoms with Gasteiger partial charge in [-0.15, -0.1) is 0 Å². The van der Waals surface area contributed by atoms with Gasteiger partial charge in [0.25, 0.3) is 0 Å². The van der Waals surface area contributed by atoms with Crippen LogP contribution in [0.2, 0.25) is 13.1 Å². The first-order valence-electron chi connectivity index (χ1n) is 4.02. The zero-order valence-electron chi connectivity index (χ0n) is 9.45. The van der Waals surface area contributed by atoms with Crippen LogP contribution >= 0.6 is 0 Å². The van der Waals surface area contributed by atoms with Gasteiger partial charge in [0, 0.05) is 21.3 Å². The molecule has 0 radical (unpaired) electrons. The second-order valence-electron chi connectivity index (χ2n) is 2.86. The minimum Gasteiger partial charge on any atom is -0.369 e. The number of rotatable bonds is 7. The molecular formula is C6H18O6Si2. The van der Waals surface area contributed by atoms with E-state index < -0.39 is 17.6 Å². The SMILES string of the molecule is COO[Si](C)(C)O[Si](OC)(OC)OC. The predicted octanol–water partition coefficient (Wildman–Crippen LogP) is 0.658. The highest BCUT2D eigenvalue weighted by molar-refractivity contribution is 6.74. The van der Waals surface area contributed by atoms with E-state index in [0.717, 1.165) is 0 Å². The van der Waals surface area contributed by atoms with E-state index in [2.05, 4.69) is 4.89 Å². The zero-order valence-corrected chi connectivity index (χ0v) is 11.4. The van der Waals surface area contributed by atoms with Gasteiger partial charge < -0.3 is 17.4 Å². The molecule has 0 N–H and O–H groups in total. The van der Waals surface area contributed by atoms with E-state index in [0.29, 0.717) is 0 Å². The van der Waals surface area contributed by atoms with E-state index in [1.807, 2.05) is 0 Å². The topological polar surface area (TPSA) is 55.4 Å². The van der Waals surface area contributed by atoms with Gasteiger partial charge in [-0.2, -0.15) is 0 Å². The fourth-order valence-electron chi connectivity index (χ4n) is 0.894. The Morgan fingerprint density at radius 2 is 1.21 bits per heavy atom. The van der Waals surface area contributed by atoms with Gasteiger partial charge in [-0.25, -0.2) is 4.89 Å². The smallest absolute Gasteiger partial charge is 0.369 e. The summed E-state index contributed by atoms with van der Waals surface area (Å²) in [5.74, 6) is 0. The lowest BCUT2D eigenvalue weighted by atomic mass is 11.8. The lowest BCUT2D eigenvalue weighted by molar-refractivity contribution is -0.204. The summed E-state index contributed by atoms with van der Waals surface area (Å²) in [5, 5.41) is 0. The molecule has 0 heterocycles. The van der Waals surface area contributed by atoms with Crippen LogP contribution in [-0.4, -0.2) is 46.0 Å². The van der Waals surface area contributed by atoms with Gasteiger partial charge in [-0.3, -0.25) is 4.58 Å². The van der Waals surface area contributed by atoms with Crippen molar-refractivity contribution < 1.29 is 26.9 Å². The quantitative estimate of drug-likeness (QED) is 0.371. The molecule has 6 nitrogen and oxygen atoms in total. The number of hydrogen-bond donors (Lipinski definition) is 0. The lowest BCUT2D eigenvalue weighted by Crippen LogP contribution is -2.55. The zero-order chi connectivity index (χ0) is 11.2. The highest BCUT2D eigenvalue weighted by Crippen LogP contribution is 2.17. The van der Waals surface area contributed by atoms with Crippen LogP contribution in [0.1, 0.15) is 0 Å². The van der Waals surface area contributed by atoms with Gasteiger partial charge in [0.05, 0.1) is 7.11 Å². The van der Waals surface area contributed by atoms with E-state index >= 15 is 0 Å². The average molecular weight is 242 g/mol. The summed E-state index contributed by atoms with van der Waals surface area (Å²) in [4.78, 5) is 4.58. The summed E-state index contributed by atoms with van der Waals surface area (Å²) in [6.45, 7) is 3.60. The molecule has 0 aromatic rings. The fourth-order valence-corrected chi connectivity index (χ4v) is 5.34. The molecule has 0 fully saturated rings. The van der Waals surface area contributed by atoms with E-state index in [9.17, 15) is 0 Å². The van der Waals surface area contributed by atoms with Crippen LogP contribution in [0, 0.1) is 0 Å². The third-order valence-electron chi connectivity index (χ3n) is 1.40. The average Bonchev–Trinajstić information content (AvgIpc) is 2.14. The van der Waals surface area contributed by atoms with Gasteiger partial charge in [-0.1, -0.05) is 0 Å². The first-order valence-corrected chi connectivity index (χ1v) is 8.47. The molecule has 0 bridgehead atoms. The third-order valence-corrected chi connectivity index (χ3v) is 6.44. The third kappa shape index (κ3) is 4.15. The molecule has 0 spiro atoms. The van der Waals surface area contributed by atoms with E-state index in [1.165, 1.54) is 28.4 Å². The highest BCUT2D eigenvalue weighted by atomic mass is 28.5. The van der Waals surface area contributed by atoms with Crippen molar-refractivity contribution in [2.75, 3.05) is 28.4 Å². The molecule has 0 aliphatic carbocycles. The second-order valence-corrected chi connectivity index (χ2v) is 8.87. The van der Waals surface area contributed by atoms with E-state index in [-0.39, 0.29) is 0 Å². The first-order chi connectivity index (χ1) is 6.45. The fraction of sp³-hybridized carbons (Fsp3) is 1.00. The van der Waals surface area contributed by atoms with Crippen molar-refractivity contribution in [3.8, 4) is 0 Å². The van der Waals surface area contributed by atoms with Crippen LogP contribution in [0.15, 0.2) is 0 Å². The maximum absolute atomic E-state index is 5.58. The molecule has 0 atom stereocenters. The van der Waals surface area contributed by atoms with Gasteiger partial charge >= 0.3 is 17.6 Å². The Hall–Kier alpha value is 0.194. The molecule has 0 saturated carbocycles. The Morgan fingerprint density at radius 1 is 0.786 bits per heavy atom. The Balaban J connectivity index is 4.41. The lowest BCUT2D eigenvalue weighted by Gasteiger charge is -2.30. The molecule has 14 heavy (non-hydrogen) atoms. The van der Waals surface area contributed by atoms with E-state index in [1.54, 1.807) is 13.1 Å². The van der Waals surface area contributed by atoms with Crippen LogP contribution in [0.25, 0.3) is 0 Å². The van der Waals surface area contributed by atoms with Crippen molar-refractivity contribution in [2.45, 2.75) is 13.1 Å². The number of hydrogen-bond acceptors (Lipinski definition) is 6. The van der Waals surface area contributed by atoms with Gasteiger partial charge in [0.15, 0.2) is 0 Å². The van der Waals surface area contributed by atoms with Crippen molar-refractivity contribution in [1.82, 2.24) is 0 Å². The van der Waals surface area contributed by atoms with Crippen molar-refractivity contribution >= 4 is 17.6 Å². The van der Waals surface area contributed by atoms with Gasteiger partial charge in [0.1, 0.15) is 0 Å². The molecule has 0 rings (SSSR count). The monoisotopic (exact) mass is 242 g/mol. The normalized spacial score (nSPS) is 13.3. The second kappa shape index (κ2) is 5.93. The summed E-state index contributed by atoms with van der Waals surface area (Å²) in [6, 6.07) is 0. The predicted molar refractivity (Wildman–Crippen MR) is 53.4 cm³/mol. The molecule has 0 saturated heterocycles. The molecule has 8 heteroatoms. The Bertz CT molecular complexity index is 152. The highest BCUT2D eigenvalue weighted by Gasteiger charge is 2.49. The van der Waals surface area contributed by atoms with Gasteiger partial charge in [-0.05, 0) is 13.1 Å². The van der Waals surface area contributed by atoms with Crippen molar-refractivity contribution in [1.29, 1.82) is 0 Å². The molecule has 86 valence electrons. The molecule has 0 amide bonds. The maximum atomic E-state index is 5.58. The van der Waals surface area contributed by atoms with Crippen LogP contribution in [0.5, 0.6) is 0 Å². The first kappa shape index (κ1) is 14.2. The Kier molecular flexibility index (Phi) is 6.01. The maximum Gasteiger partial charge on any atom is 0.669 e. The minimum absolute atomic E-state index is 1.42. The van der Waals surface area contributed by atoms with Crippen molar-refractivity contribution in [3.05, 3.63) is 0 Å². The minimum atomic E-state index is -3.03. The van der Waals surface area contributed by atoms with Crippen LogP contribution in [0.3, 0.4) is 0 Å².